The van der Waals surface area contributed by atoms with Gasteiger partial charge < -0.3 is 30.3 Å². The van der Waals surface area contributed by atoms with Crippen LogP contribution >= 0.6 is 0 Å². The third-order valence-corrected chi connectivity index (χ3v) is 3.33. The molecule has 7 nitrogen and oxygen atoms in total. The molecule has 20 heavy (non-hydrogen) atoms. The molecule has 5 atom stereocenters. The van der Waals surface area contributed by atoms with Crippen LogP contribution < -0.4 is 0 Å². The van der Waals surface area contributed by atoms with E-state index in [1.54, 1.807) is 18.2 Å². The van der Waals surface area contributed by atoms with Crippen molar-refractivity contribution in [2.45, 2.75) is 30.2 Å². The Bertz CT molecular complexity index is 475. The normalized spacial score (nSPS) is 37.6. The standard InChI is InChI=1S/C13H16O7/c14-6-8-9(15)10(16)12(18)13(19,20-8)11(17)7-4-2-1-3-5-7/h1-5,8-10,12,14-16,18-19H,6H2. The van der Waals surface area contributed by atoms with Crippen molar-refractivity contribution in [3.63, 3.8) is 0 Å². The second-order valence-electron chi connectivity index (χ2n) is 4.66. The molecule has 1 aromatic rings. The van der Waals surface area contributed by atoms with E-state index in [-0.39, 0.29) is 5.56 Å². The van der Waals surface area contributed by atoms with Gasteiger partial charge in [-0.1, -0.05) is 30.3 Å². The minimum Gasteiger partial charge on any atom is -0.394 e. The Balaban J connectivity index is 2.34. The molecule has 0 spiro atoms. The molecule has 1 aliphatic rings. The highest BCUT2D eigenvalue weighted by molar-refractivity contribution is 6.01. The molecule has 2 rings (SSSR count). The number of ether oxygens (including phenoxy) is 1. The highest BCUT2D eigenvalue weighted by Gasteiger charge is 2.57. The van der Waals surface area contributed by atoms with Gasteiger partial charge in [0.2, 0.25) is 5.78 Å². The van der Waals surface area contributed by atoms with E-state index in [4.69, 9.17) is 9.84 Å². The maximum Gasteiger partial charge on any atom is 0.261 e. The van der Waals surface area contributed by atoms with Gasteiger partial charge in [0.15, 0.2) is 0 Å². The largest absolute Gasteiger partial charge is 0.394 e. The van der Waals surface area contributed by atoms with Crippen LogP contribution in [0.2, 0.25) is 0 Å². The molecule has 0 aromatic heterocycles. The minimum absolute atomic E-state index is 0.0642. The third kappa shape index (κ3) is 2.35. The van der Waals surface area contributed by atoms with Gasteiger partial charge in [-0.05, 0) is 0 Å². The number of aliphatic hydroxyl groups excluding tert-OH is 4. The van der Waals surface area contributed by atoms with E-state index >= 15 is 0 Å². The topological polar surface area (TPSA) is 127 Å². The number of benzene rings is 1. The summed E-state index contributed by atoms with van der Waals surface area (Å²) in [4.78, 5) is 12.2. The third-order valence-electron chi connectivity index (χ3n) is 3.33. The quantitative estimate of drug-likeness (QED) is 0.407. The van der Waals surface area contributed by atoms with E-state index in [0.717, 1.165) is 0 Å². The smallest absolute Gasteiger partial charge is 0.261 e. The summed E-state index contributed by atoms with van der Waals surface area (Å²) in [5, 5.41) is 48.4. The lowest BCUT2D eigenvalue weighted by Gasteiger charge is -2.44. The second kappa shape index (κ2) is 5.57. The van der Waals surface area contributed by atoms with Crippen LogP contribution in [0.4, 0.5) is 0 Å². The SMILES string of the molecule is O=C(c1ccccc1)C1(O)OC(CO)C(O)C(O)C1O. The van der Waals surface area contributed by atoms with Gasteiger partial charge in [-0.3, -0.25) is 4.79 Å². The molecule has 1 aliphatic heterocycles. The van der Waals surface area contributed by atoms with Crippen molar-refractivity contribution in [1.82, 2.24) is 0 Å². The molecular formula is C13H16O7. The molecule has 0 aliphatic carbocycles. The number of aliphatic hydroxyl groups is 5. The number of rotatable bonds is 3. The van der Waals surface area contributed by atoms with Gasteiger partial charge in [0.05, 0.1) is 6.61 Å². The van der Waals surface area contributed by atoms with Crippen LogP contribution in [0.5, 0.6) is 0 Å². The van der Waals surface area contributed by atoms with E-state index in [1.807, 2.05) is 0 Å². The molecule has 5 N–H and O–H groups in total. The number of hydrogen-bond donors (Lipinski definition) is 5. The summed E-state index contributed by atoms with van der Waals surface area (Å²) in [5.74, 6) is -3.69. The van der Waals surface area contributed by atoms with Gasteiger partial charge in [-0.2, -0.15) is 0 Å². The first kappa shape index (κ1) is 15.0. The summed E-state index contributed by atoms with van der Waals surface area (Å²) in [6, 6.07) is 7.58. The van der Waals surface area contributed by atoms with Crippen LogP contribution in [0.25, 0.3) is 0 Å². The zero-order valence-corrected chi connectivity index (χ0v) is 10.5. The number of hydrogen-bond acceptors (Lipinski definition) is 7. The van der Waals surface area contributed by atoms with E-state index in [9.17, 15) is 25.2 Å². The Morgan fingerprint density at radius 1 is 1.15 bits per heavy atom. The summed E-state index contributed by atoms with van der Waals surface area (Å²) in [5.41, 5.74) is 0.0642. The lowest BCUT2D eigenvalue weighted by molar-refractivity contribution is -0.322. The Kier molecular flexibility index (Phi) is 4.19. The number of Topliss-reactive ketones (excluding diaryl/α,β-unsaturated/α-hetero) is 1. The predicted octanol–water partition coefficient (Wildman–Crippen LogP) is -1.97. The van der Waals surface area contributed by atoms with Crippen LogP contribution in [0, 0.1) is 0 Å². The average molecular weight is 284 g/mol. The van der Waals surface area contributed by atoms with Crippen LogP contribution in [0.1, 0.15) is 10.4 Å². The molecule has 0 bridgehead atoms. The van der Waals surface area contributed by atoms with Crippen LogP contribution in [0.15, 0.2) is 30.3 Å². The first-order valence-electron chi connectivity index (χ1n) is 6.07. The summed E-state index contributed by atoms with van der Waals surface area (Å²) >= 11 is 0. The monoisotopic (exact) mass is 284 g/mol. The molecule has 1 saturated heterocycles. The Morgan fingerprint density at radius 3 is 2.30 bits per heavy atom. The van der Waals surface area contributed by atoms with Crippen molar-refractivity contribution < 1.29 is 35.1 Å². The van der Waals surface area contributed by atoms with Crippen molar-refractivity contribution >= 4 is 5.78 Å². The van der Waals surface area contributed by atoms with Gasteiger partial charge >= 0.3 is 0 Å². The van der Waals surface area contributed by atoms with E-state index in [0.29, 0.717) is 0 Å². The summed E-state index contributed by atoms with van der Waals surface area (Å²) in [7, 11) is 0. The zero-order valence-electron chi connectivity index (χ0n) is 10.5. The first-order valence-corrected chi connectivity index (χ1v) is 6.07. The minimum atomic E-state index is -2.73. The predicted molar refractivity (Wildman–Crippen MR) is 65.7 cm³/mol. The van der Waals surface area contributed by atoms with Crippen molar-refractivity contribution in [2.75, 3.05) is 6.61 Å². The van der Waals surface area contributed by atoms with Gasteiger partial charge in [0, 0.05) is 5.56 Å². The number of ketones is 1. The second-order valence-corrected chi connectivity index (χ2v) is 4.66. The molecule has 1 aromatic carbocycles. The molecule has 7 heteroatoms. The van der Waals surface area contributed by atoms with Gasteiger partial charge in [-0.25, -0.2) is 0 Å². The van der Waals surface area contributed by atoms with Crippen LogP contribution in [0.3, 0.4) is 0 Å². The Morgan fingerprint density at radius 2 is 1.75 bits per heavy atom. The lowest BCUT2D eigenvalue weighted by Crippen LogP contribution is -2.68. The molecule has 1 fully saturated rings. The summed E-state index contributed by atoms with van der Waals surface area (Å²) < 4.78 is 4.93. The molecule has 0 radical (unpaired) electrons. The van der Waals surface area contributed by atoms with Gasteiger partial charge in [0.1, 0.15) is 24.4 Å². The van der Waals surface area contributed by atoms with Crippen LogP contribution in [-0.2, 0) is 4.74 Å². The number of carbonyl (C=O) groups excluding carboxylic acids is 1. The van der Waals surface area contributed by atoms with E-state index in [2.05, 4.69) is 0 Å². The molecule has 0 amide bonds. The maximum atomic E-state index is 12.2. The first-order chi connectivity index (χ1) is 9.41. The molecule has 5 unspecified atom stereocenters. The molecular weight excluding hydrogens is 268 g/mol. The fourth-order valence-corrected chi connectivity index (χ4v) is 2.14. The van der Waals surface area contributed by atoms with Crippen LogP contribution in [-0.4, -0.2) is 68.1 Å². The molecule has 1 heterocycles. The summed E-state index contributed by atoms with van der Waals surface area (Å²) in [6.45, 7) is -0.727. The van der Waals surface area contributed by atoms with Crippen molar-refractivity contribution in [2.24, 2.45) is 0 Å². The van der Waals surface area contributed by atoms with Crippen molar-refractivity contribution in [1.29, 1.82) is 0 Å². The fourth-order valence-electron chi connectivity index (χ4n) is 2.14. The van der Waals surface area contributed by atoms with E-state index in [1.165, 1.54) is 12.1 Å². The van der Waals surface area contributed by atoms with Gasteiger partial charge in [-0.15, -0.1) is 0 Å². The lowest BCUT2D eigenvalue weighted by atomic mass is 9.88. The van der Waals surface area contributed by atoms with Crippen molar-refractivity contribution in [3.05, 3.63) is 35.9 Å². The van der Waals surface area contributed by atoms with E-state index < -0.39 is 42.6 Å². The Hall–Kier alpha value is -1.35. The molecule has 0 saturated carbocycles. The zero-order chi connectivity index (χ0) is 14.9. The maximum absolute atomic E-state index is 12.2. The van der Waals surface area contributed by atoms with Crippen molar-refractivity contribution in [3.8, 4) is 0 Å². The Labute approximate surface area is 114 Å². The van der Waals surface area contributed by atoms with Gasteiger partial charge in [0.25, 0.3) is 5.79 Å². The molecule has 110 valence electrons. The summed E-state index contributed by atoms with van der Waals surface area (Å²) in [6.07, 6.45) is -6.85. The highest BCUT2D eigenvalue weighted by Crippen LogP contribution is 2.31. The average Bonchev–Trinajstić information content (AvgIpc) is 2.49. The fraction of sp³-hybridized carbons (Fsp3) is 0.462. The highest BCUT2D eigenvalue weighted by atomic mass is 16.7. The number of carbonyl (C=O) groups is 1.